The molecular formula is C10H13F3N4OS. The van der Waals surface area contributed by atoms with Crippen molar-refractivity contribution in [2.45, 2.75) is 12.4 Å². The minimum atomic E-state index is -4.28. The second-order valence-electron chi connectivity index (χ2n) is 3.37. The van der Waals surface area contributed by atoms with Crippen molar-refractivity contribution in [2.75, 3.05) is 24.2 Å². The van der Waals surface area contributed by atoms with Crippen molar-refractivity contribution in [2.24, 2.45) is 0 Å². The molecule has 1 rings (SSSR count). The van der Waals surface area contributed by atoms with E-state index in [9.17, 15) is 18.0 Å². The Balaban J connectivity index is 2.37. The topological polar surface area (TPSA) is 66.9 Å². The van der Waals surface area contributed by atoms with Crippen LogP contribution < -0.4 is 10.6 Å². The maximum Gasteiger partial charge on any atom is 0.441 e. The molecule has 0 saturated carbocycles. The lowest BCUT2D eigenvalue weighted by atomic mass is 10.4. The average Bonchev–Trinajstić information content (AvgIpc) is 2.34. The second-order valence-corrected chi connectivity index (χ2v) is 4.53. The number of aromatic nitrogens is 2. The Morgan fingerprint density at radius 1 is 1.37 bits per heavy atom. The SMILES string of the molecule is CCNc1cnc(C(=O)NCCSC(F)(F)F)cn1. The maximum atomic E-state index is 11.8. The number of carbonyl (C=O) groups excluding carboxylic acids is 1. The highest BCUT2D eigenvalue weighted by atomic mass is 32.2. The minimum absolute atomic E-state index is 0.0682. The van der Waals surface area contributed by atoms with Crippen molar-refractivity contribution < 1.29 is 18.0 Å². The zero-order valence-electron chi connectivity index (χ0n) is 10.1. The normalized spacial score (nSPS) is 11.2. The number of rotatable bonds is 6. The number of hydrogen-bond donors (Lipinski definition) is 2. The van der Waals surface area contributed by atoms with Gasteiger partial charge in [-0.05, 0) is 18.7 Å². The van der Waals surface area contributed by atoms with Gasteiger partial charge in [0.25, 0.3) is 5.91 Å². The van der Waals surface area contributed by atoms with E-state index in [0.29, 0.717) is 12.4 Å². The summed E-state index contributed by atoms with van der Waals surface area (Å²) >= 11 is -0.181. The third kappa shape index (κ3) is 6.27. The monoisotopic (exact) mass is 294 g/mol. The molecule has 1 heterocycles. The Kier molecular flexibility index (Phi) is 5.87. The summed E-state index contributed by atoms with van der Waals surface area (Å²) < 4.78 is 35.5. The first-order valence-electron chi connectivity index (χ1n) is 5.47. The largest absolute Gasteiger partial charge is 0.441 e. The number of thioether (sulfide) groups is 1. The number of nitrogens with one attached hydrogen (secondary N) is 2. The third-order valence-corrected chi connectivity index (χ3v) is 2.63. The number of halogens is 3. The predicted molar refractivity (Wildman–Crippen MR) is 67.0 cm³/mol. The van der Waals surface area contributed by atoms with Crippen LogP contribution in [0.1, 0.15) is 17.4 Å². The van der Waals surface area contributed by atoms with E-state index in [1.807, 2.05) is 6.92 Å². The summed E-state index contributed by atoms with van der Waals surface area (Å²) in [4.78, 5) is 19.3. The molecule has 1 amide bonds. The molecule has 0 fully saturated rings. The van der Waals surface area contributed by atoms with Gasteiger partial charge >= 0.3 is 5.51 Å². The average molecular weight is 294 g/mol. The van der Waals surface area contributed by atoms with Crippen molar-refractivity contribution >= 4 is 23.5 Å². The van der Waals surface area contributed by atoms with Crippen LogP contribution in [0.4, 0.5) is 19.0 Å². The molecule has 0 radical (unpaired) electrons. The highest BCUT2D eigenvalue weighted by Crippen LogP contribution is 2.29. The molecule has 0 atom stereocenters. The van der Waals surface area contributed by atoms with Gasteiger partial charge in [-0.25, -0.2) is 9.97 Å². The van der Waals surface area contributed by atoms with Crippen LogP contribution in [-0.4, -0.2) is 40.2 Å². The van der Waals surface area contributed by atoms with Gasteiger partial charge in [-0.2, -0.15) is 13.2 Å². The first-order valence-corrected chi connectivity index (χ1v) is 6.45. The summed E-state index contributed by atoms with van der Waals surface area (Å²) in [5.41, 5.74) is -4.21. The smallest absolute Gasteiger partial charge is 0.369 e. The van der Waals surface area contributed by atoms with Crippen molar-refractivity contribution in [1.82, 2.24) is 15.3 Å². The van der Waals surface area contributed by atoms with Gasteiger partial charge < -0.3 is 10.6 Å². The van der Waals surface area contributed by atoms with Gasteiger partial charge in [0.1, 0.15) is 11.5 Å². The van der Waals surface area contributed by atoms with Crippen LogP contribution in [-0.2, 0) is 0 Å². The van der Waals surface area contributed by atoms with E-state index in [-0.39, 0.29) is 29.8 Å². The van der Waals surface area contributed by atoms with Crippen molar-refractivity contribution in [3.63, 3.8) is 0 Å². The van der Waals surface area contributed by atoms with Gasteiger partial charge in [0.05, 0.1) is 12.4 Å². The molecule has 5 nitrogen and oxygen atoms in total. The van der Waals surface area contributed by atoms with Crippen LogP contribution >= 0.6 is 11.8 Å². The van der Waals surface area contributed by atoms with Gasteiger partial charge in [0, 0.05) is 18.8 Å². The molecule has 2 N–H and O–H groups in total. The molecule has 0 bridgehead atoms. The molecule has 106 valence electrons. The molecule has 0 aliphatic carbocycles. The predicted octanol–water partition coefficient (Wildman–Crippen LogP) is 1.89. The lowest BCUT2D eigenvalue weighted by Crippen LogP contribution is -2.27. The Labute approximate surface area is 112 Å². The maximum absolute atomic E-state index is 11.8. The highest BCUT2D eigenvalue weighted by Gasteiger charge is 2.27. The molecule has 0 spiro atoms. The van der Waals surface area contributed by atoms with Crippen LogP contribution in [0.25, 0.3) is 0 Å². The van der Waals surface area contributed by atoms with Gasteiger partial charge in [-0.3, -0.25) is 4.79 Å². The Hall–Kier alpha value is -1.51. The van der Waals surface area contributed by atoms with Crippen LogP contribution in [0.15, 0.2) is 12.4 Å². The van der Waals surface area contributed by atoms with E-state index < -0.39 is 11.4 Å². The third-order valence-electron chi connectivity index (χ3n) is 1.90. The molecule has 0 saturated heterocycles. The molecule has 19 heavy (non-hydrogen) atoms. The van der Waals surface area contributed by atoms with Gasteiger partial charge in [-0.15, -0.1) is 0 Å². The summed E-state index contributed by atoms with van der Waals surface area (Å²) in [5.74, 6) is -0.247. The molecular weight excluding hydrogens is 281 g/mol. The van der Waals surface area contributed by atoms with E-state index in [4.69, 9.17) is 0 Å². The quantitative estimate of drug-likeness (QED) is 0.784. The van der Waals surface area contributed by atoms with Crippen molar-refractivity contribution in [3.05, 3.63) is 18.1 Å². The van der Waals surface area contributed by atoms with E-state index >= 15 is 0 Å². The number of amides is 1. The fourth-order valence-corrected chi connectivity index (χ4v) is 1.58. The van der Waals surface area contributed by atoms with E-state index in [1.54, 1.807) is 0 Å². The summed E-state index contributed by atoms with van der Waals surface area (Å²) in [5, 5.41) is 5.25. The standard InChI is InChI=1S/C10H13F3N4OS/c1-2-14-8-6-16-7(5-17-8)9(18)15-3-4-19-10(11,12)13/h5-6H,2-4H2,1H3,(H,14,17)(H,15,18). The lowest BCUT2D eigenvalue weighted by Gasteiger charge is -2.07. The zero-order valence-corrected chi connectivity index (χ0v) is 10.9. The van der Waals surface area contributed by atoms with Gasteiger partial charge in [0.2, 0.25) is 0 Å². The number of nitrogens with zero attached hydrogens (tertiary/aromatic N) is 2. The fraction of sp³-hybridized carbons (Fsp3) is 0.500. The second kappa shape index (κ2) is 7.17. The summed E-state index contributed by atoms with van der Waals surface area (Å²) in [6, 6.07) is 0. The van der Waals surface area contributed by atoms with Crippen LogP contribution in [0.3, 0.4) is 0 Å². The number of anilines is 1. The van der Waals surface area contributed by atoms with Crippen molar-refractivity contribution in [3.8, 4) is 0 Å². The van der Waals surface area contributed by atoms with E-state index in [0.717, 1.165) is 0 Å². The highest BCUT2D eigenvalue weighted by molar-refractivity contribution is 8.00. The Bertz CT molecular complexity index is 410. The first-order chi connectivity index (χ1) is 8.92. The van der Waals surface area contributed by atoms with Gasteiger partial charge in [-0.1, -0.05) is 0 Å². The van der Waals surface area contributed by atoms with Crippen LogP contribution in [0, 0.1) is 0 Å². The molecule has 0 aromatic carbocycles. The first kappa shape index (κ1) is 15.5. The molecule has 0 unspecified atom stereocenters. The van der Waals surface area contributed by atoms with E-state index in [2.05, 4.69) is 20.6 Å². The van der Waals surface area contributed by atoms with Crippen molar-refractivity contribution in [1.29, 1.82) is 0 Å². The van der Waals surface area contributed by atoms with Gasteiger partial charge in [0.15, 0.2) is 0 Å². The molecule has 0 aliphatic rings. The molecule has 0 aliphatic heterocycles. The number of hydrogen-bond acceptors (Lipinski definition) is 5. The number of carbonyl (C=O) groups is 1. The molecule has 1 aromatic heterocycles. The summed E-state index contributed by atoms with van der Waals surface area (Å²) in [7, 11) is 0. The van der Waals surface area contributed by atoms with E-state index in [1.165, 1.54) is 12.4 Å². The minimum Gasteiger partial charge on any atom is -0.369 e. The fourth-order valence-electron chi connectivity index (χ4n) is 1.14. The summed E-state index contributed by atoms with van der Waals surface area (Å²) in [6.07, 6.45) is 2.66. The summed E-state index contributed by atoms with van der Waals surface area (Å²) in [6.45, 7) is 2.48. The molecule has 9 heteroatoms. The molecule has 1 aromatic rings. The Morgan fingerprint density at radius 3 is 2.63 bits per heavy atom. The Morgan fingerprint density at radius 2 is 2.11 bits per heavy atom. The zero-order chi connectivity index (χ0) is 14.3. The number of alkyl halides is 3. The van der Waals surface area contributed by atoms with Crippen LogP contribution in [0.2, 0.25) is 0 Å². The lowest BCUT2D eigenvalue weighted by molar-refractivity contribution is -0.0327. The van der Waals surface area contributed by atoms with Crippen LogP contribution in [0.5, 0.6) is 0 Å².